The van der Waals surface area contributed by atoms with Crippen LogP contribution in [0.5, 0.6) is 5.75 Å². The number of pyridine rings is 1. The van der Waals surface area contributed by atoms with Crippen molar-refractivity contribution in [1.82, 2.24) is 4.98 Å². The van der Waals surface area contributed by atoms with Crippen LogP contribution < -0.4 is 4.74 Å². The summed E-state index contributed by atoms with van der Waals surface area (Å²) in [4.78, 5) is 4.59. The molecule has 2 bridgehead atoms. The summed E-state index contributed by atoms with van der Waals surface area (Å²) in [5.74, 6) is 1.82. The number of hydrogen-bond acceptors (Lipinski definition) is 3. The van der Waals surface area contributed by atoms with Gasteiger partial charge in [-0.15, -0.1) is 6.58 Å². The van der Waals surface area contributed by atoms with Gasteiger partial charge in [0.15, 0.2) is 0 Å². The molecule has 8 rings (SSSR count). The van der Waals surface area contributed by atoms with Crippen LogP contribution in [0.25, 0.3) is 32.4 Å². The van der Waals surface area contributed by atoms with E-state index in [2.05, 4.69) is 72.2 Å². The Morgan fingerprint density at radius 2 is 1.74 bits per heavy atom. The Labute approximate surface area is 229 Å². The van der Waals surface area contributed by atoms with Crippen LogP contribution in [0, 0.1) is 11.8 Å². The fourth-order valence-corrected chi connectivity index (χ4v) is 7.71. The largest absolute Gasteiger partial charge is 0.497 e. The molecule has 4 aromatic carbocycles. The number of methoxy groups -OCH3 is 1. The van der Waals surface area contributed by atoms with Crippen LogP contribution in [0.3, 0.4) is 0 Å². The fraction of sp³-hybridized carbons (Fsp3) is 0.286. The average Bonchev–Trinajstić information content (AvgIpc) is 3.00. The highest BCUT2D eigenvalue weighted by Crippen LogP contribution is 2.49. The van der Waals surface area contributed by atoms with Gasteiger partial charge in [-0.05, 0) is 63.4 Å². The van der Waals surface area contributed by atoms with Gasteiger partial charge in [-0.25, -0.2) is 0 Å². The lowest BCUT2D eigenvalue weighted by molar-refractivity contribution is -0.984. The molecule has 0 saturated carbocycles. The van der Waals surface area contributed by atoms with E-state index in [0.717, 1.165) is 52.8 Å². The third-order valence-electron chi connectivity index (χ3n) is 9.70. The Morgan fingerprint density at radius 3 is 2.46 bits per heavy atom. The van der Waals surface area contributed by atoms with Crippen molar-refractivity contribution in [2.45, 2.75) is 31.5 Å². The van der Waals surface area contributed by atoms with E-state index in [1.807, 2.05) is 30.5 Å². The standard InChI is InChI=1S/C35H35N2O2/c1-3-23-21-37(22-32-28-10-6-4-8-25(28)18-26-9-5-7-11-29(26)32)17-15-24(23)19-34(37)35(38)30-14-16-36-33-13-12-27(39-2)20-31(30)33/h3-14,16,18,20,23-24,34-35,38H,1,15,17,19,21-22H2,2H3/q+1/t23-,24+,34?,35?,37-/m1/s1. The first-order chi connectivity index (χ1) is 19.1. The molecule has 5 atom stereocenters. The number of aromatic nitrogens is 1. The number of piperidine rings is 3. The minimum Gasteiger partial charge on any atom is -0.497 e. The Kier molecular flexibility index (Phi) is 5.91. The van der Waals surface area contributed by atoms with Crippen LogP contribution in [0.15, 0.2) is 97.7 Å². The number of ether oxygens (including phenoxy) is 1. The van der Waals surface area contributed by atoms with Crippen LogP contribution in [0.2, 0.25) is 0 Å². The molecule has 3 aliphatic rings. The molecule has 0 aliphatic carbocycles. The summed E-state index contributed by atoms with van der Waals surface area (Å²) in [6.45, 7) is 7.21. The Hall–Kier alpha value is -3.73. The lowest BCUT2D eigenvalue weighted by Gasteiger charge is -2.58. The maximum Gasteiger partial charge on any atom is 0.131 e. The highest BCUT2D eigenvalue weighted by atomic mass is 16.5. The van der Waals surface area contributed by atoms with Crippen LogP contribution in [0.1, 0.15) is 30.1 Å². The summed E-state index contributed by atoms with van der Waals surface area (Å²) in [7, 11) is 1.68. The van der Waals surface area contributed by atoms with Crippen LogP contribution >= 0.6 is 0 Å². The van der Waals surface area contributed by atoms with E-state index < -0.39 is 6.10 Å². The van der Waals surface area contributed by atoms with Gasteiger partial charge in [-0.1, -0.05) is 54.6 Å². The molecule has 196 valence electrons. The number of rotatable bonds is 6. The van der Waals surface area contributed by atoms with Gasteiger partial charge in [0.1, 0.15) is 24.4 Å². The predicted molar refractivity (Wildman–Crippen MR) is 159 cm³/mol. The maximum atomic E-state index is 12.2. The molecular formula is C35H35N2O2+. The number of aliphatic hydroxyl groups excluding tert-OH is 1. The van der Waals surface area contributed by atoms with Crippen LogP contribution in [0.4, 0.5) is 0 Å². The lowest BCUT2D eigenvalue weighted by Crippen LogP contribution is -2.67. The molecule has 0 spiro atoms. The number of nitrogens with zero attached hydrogens (tertiary/aromatic N) is 2. The third kappa shape index (κ3) is 3.93. The highest BCUT2D eigenvalue weighted by molar-refractivity contribution is 6.02. The maximum absolute atomic E-state index is 12.2. The van der Waals surface area contributed by atoms with Crippen molar-refractivity contribution >= 4 is 32.4 Å². The van der Waals surface area contributed by atoms with Gasteiger partial charge in [0.2, 0.25) is 0 Å². The first kappa shape index (κ1) is 24.3. The molecule has 3 fully saturated rings. The molecule has 4 nitrogen and oxygen atoms in total. The molecule has 4 heterocycles. The molecule has 1 aromatic heterocycles. The zero-order chi connectivity index (χ0) is 26.6. The summed E-state index contributed by atoms with van der Waals surface area (Å²) < 4.78 is 6.41. The lowest BCUT2D eigenvalue weighted by atomic mass is 9.71. The second kappa shape index (κ2) is 9.48. The number of aliphatic hydroxyl groups is 1. The molecule has 4 heteroatoms. The summed E-state index contributed by atoms with van der Waals surface area (Å²) in [5.41, 5.74) is 3.23. The number of hydrogen-bond donors (Lipinski definition) is 1. The Balaban J connectivity index is 1.39. The van der Waals surface area contributed by atoms with Crippen molar-refractivity contribution in [3.63, 3.8) is 0 Å². The van der Waals surface area contributed by atoms with Crippen molar-refractivity contribution in [3.8, 4) is 5.75 Å². The van der Waals surface area contributed by atoms with Gasteiger partial charge in [-0.3, -0.25) is 4.98 Å². The smallest absolute Gasteiger partial charge is 0.131 e. The van der Waals surface area contributed by atoms with Gasteiger partial charge < -0.3 is 14.3 Å². The molecule has 3 saturated heterocycles. The molecule has 0 amide bonds. The van der Waals surface area contributed by atoms with Gasteiger partial charge in [0, 0.05) is 35.9 Å². The third-order valence-corrected chi connectivity index (χ3v) is 9.70. The number of benzene rings is 4. The average molecular weight is 516 g/mol. The second-order valence-electron chi connectivity index (χ2n) is 11.6. The van der Waals surface area contributed by atoms with E-state index in [-0.39, 0.29) is 6.04 Å². The zero-order valence-electron chi connectivity index (χ0n) is 22.5. The highest BCUT2D eigenvalue weighted by Gasteiger charge is 2.54. The van der Waals surface area contributed by atoms with Gasteiger partial charge in [-0.2, -0.15) is 0 Å². The molecule has 39 heavy (non-hydrogen) atoms. The quantitative estimate of drug-likeness (QED) is 0.148. The van der Waals surface area contributed by atoms with E-state index in [1.165, 1.54) is 33.5 Å². The first-order valence-electron chi connectivity index (χ1n) is 14.1. The summed E-state index contributed by atoms with van der Waals surface area (Å²) in [6, 6.07) is 27.9. The second-order valence-corrected chi connectivity index (χ2v) is 11.6. The van der Waals surface area contributed by atoms with Crippen molar-refractivity contribution < 1.29 is 14.3 Å². The Bertz CT molecular complexity index is 1660. The molecule has 0 radical (unpaired) electrons. The van der Waals surface area contributed by atoms with Gasteiger partial charge in [0.25, 0.3) is 0 Å². The van der Waals surface area contributed by atoms with Crippen molar-refractivity contribution in [3.05, 3.63) is 109 Å². The van der Waals surface area contributed by atoms with E-state index in [1.54, 1.807) is 7.11 Å². The van der Waals surface area contributed by atoms with E-state index in [4.69, 9.17) is 4.74 Å². The van der Waals surface area contributed by atoms with Crippen LogP contribution in [-0.2, 0) is 6.54 Å². The summed E-state index contributed by atoms with van der Waals surface area (Å²) in [6.07, 6.45) is 5.58. The normalized spacial score (nSPS) is 25.2. The minimum atomic E-state index is -0.600. The molecule has 3 aliphatic heterocycles. The summed E-state index contributed by atoms with van der Waals surface area (Å²) >= 11 is 0. The van der Waals surface area contributed by atoms with Crippen LogP contribution in [-0.4, -0.2) is 40.8 Å². The molecule has 5 aromatic rings. The number of fused-ring (bicyclic) bond motifs is 6. The van der Waals surface area contributed by atoms with Crippen molar-refractivity contribution in [2.24, 2.45) is 11.8 Å². The fourth-order valence-electron chi connectivity index (χ4n) is 7.71. The molecule has 1 N–H and O–H groups in total. The predicted octanol–water partition coefficient (Wildman–Crippen LogP) is 7.19. The van der Waals surface area contributed by atoms with Gasteiger partial charge in [0.05, 0.1) is 25.7 Å². The zero-order valence-corrected chi connectivity index (χ0v) is 22.5. The SMILES string of the molecule is C=C[C@@H]1C[N@@+]2(Cc3c4ccccc4cc4ccccc34)CC[C@H]1CC2C(O)c1ccnc2ccc(OC)cc12. The monoisotopic (exact) mass is 515 g/mol. The minimum absolute atomic E-state index is 0.0921. The molecule has 2 unspecified atom stereocenters. The van der Waals surface area contributed by atoms with Crippen molar-refractivity contribution in [1.29, 1.82) is 0 Å². The topological polar surface area (TPSA) is 42.4 Å². The first-order valence-corrected chi connectivity index (χ1v) is 14.1. The summed E-state index contributed by atoms with van der Waals surface area (Å²) in [5, 5.41) is 18.4. The van der Waals surface area contributed by atoms with Crippen molar-refractivity contribution in [2.75, 3.05) is 20.2 Å². The van der Waals surface area contributed by atoms with E-state index in [0.29, 0.717) is 11.8 Å². The Morgan fingerprint density at radius 1 is 1.00 bits per heavy atom. The van der Waals surface area contributed by atoms with E-state index in [9.17, 15) is 5.11 Å². The number of quaternary nitrogens is 1. The molecular weight excluding hydrogens is 480 g/mol. The van der Waals surface area contributed by atoms with Gasteiger partial charge >= 0.3 is 0 Å². The van der Waals surface area contributed by atoms with E-state index >= 15 is 0 Å².